The molecule has 0 amide bonds. The van der Waals surface area contributed by atoms with Gasteiger partial charge in [0, 0.05) is 82.4 Å². The lowest BCUT2D eigenvalue weighted by molar-refractivity contribution is 0.0600. The van der Waals surface area contributed by atoms with Crippen molar-refractivity contribution in [3.63, 3.8) is 0 Å². The van der Waals surface area contributed by atoms with E-state index in [9.17, 15) is 59.9 Å². The van der Waals surface area contributed by atoms with Crippen LogP contribution in [0.25, 0.3) is 45.2 Å². The quantitative estimate of drug-likeness (QED) is 0.0136. The Morgan fingerprint density at radius 1 is 0.548 bits per heavy atom. The second-order valence-corrected chi connectivity index (χ2v) is 20.8. The summed E-state index contributed by atoms with van der Waals surface area (Å²) in [5.41, 5.74) is 7.90. The van der Waals surface area contributed by atoms with E-state index in [0.29, 0.717) is 33.4 Å². The second kappa shape index (κ2) is 35.6. The molecule has 8 N–H and O–H groups in total. The number of aromatic nitrogens is 8. The Labute approximate surface area is 541 Å². The molecule has 0 bridgehead atoms. The fourth-order valence-corrected chi connectivity index (χ4v) is 8.34. The molecule has 10 aromatic rings. The van der Waals surface area contributed by atoms with E-state index in [4.69, 9.17) is 50.1 Å². The van der Waals surface area contributed by atoms with Crippen molar-refractivity contribution in [3.05, 3.63) is 268 Å². The molecule has 4 heterocycles. The van der Waals surface area contributed by atoms with Gasteiger partial charge in [-0.1, -0.05) is 42.5 Å². The number of rotatable bonds is 13. The van der Waals surface area contributed by atoms with Crippen molar-refractivity contribution in [2.24, 2.45) is 17.4 Å². The molecule has 22 nitrogen and oxygen atoms in total. The van der Waals surface area contributed by atoms with Gasteiger partial charge < -0.3 is 24.7 Å². The van der Waals surface area contributed by atoms with Gasteiger partial charge in [-0.25, -0.2) is 59.9 Å². The van der Waals surface area contributed by atoms with Crippen molar-refractivity contribution in [2.45, 2.75) is 30.5 Å². The first-order valence-electron chi connectivity index (χ1n) is 26.4. The number of nitrogens with two attached hydrogens (primary N) is 3. The number of benzene rings is 6. The highest BCUT2D eigenvalue weighted by atomic mass is 35.6. The normalized spacial score (nSPS) is 10.5. The van der Waals surface area contributed by atoms with Crippen molar-refractivity contribution < 1.29 is 59.7 Å². The molecule has 486 valence electrons. The van der Waals surface area contributed by atoms with Gasteiger partial charge in [0.15, 0.2) is 5.78 Å². The van der Waals surface area contributed by atoms with E-state index in [-0.39, 0.29) is 94.9 Å². The zero-order valence-electron chi connectivity index (χ0n) is 48.3. The number of H-pyrrole nitrogens is 1. The number of halogens is 10. The van der Waals surface area contributed by atoms with Gasteiger partial charge in [0.25, 0.3) is 16.7 Å². The van der Waals surface area contributed by atoms with Gasteiger partial charge in [-0.2, -0.15) is 15.3 Å². The molecule has 0 saturated carbocycles. The predicted octanol–water partition coefficient (Wildman–Crippen LogP) is 9.49. The van der Waals surface area contributed by atoms with E-state index in [1.54, 1.807) is 79.7 Å². The molecule has 0 unspecified atom stereocenters. The minimum absolute atomic E-state index is 0.0926. The molecule has 0 atom stereocenters. The van der Waals surface area contributed by atoms with Crippen LogP contribution in [-0.4, -0.2) is 86.1 Å². The molecule has 0 aliphatic carbocycles. The number of ether oxygens (including phenoxy) is 2. The van der Waals surface area contributed by atoms with Crippen LogP contribution in [0.3, 0.4) is 0 Å². The number of carbonyl (C=O) groups excluding carboxylic acids is 3. The van der Waals surface area contributed by atoms with Crippen molar-refractivity contribution in [3.8, 4) is 45.2 Å². The second-order valence-electron chi connectivity index (χ2n) is 18.4. The SMILES string of the molecule is CCO.COC(=O)c1cccc(Cn2nc(-c3cc(F)cc(F)c3)ccc2=O)c1.NCC(=O)c1cccc(Cn2nc(-c3cc(F)cc(F)c3)ccc2=O)c1.NN.O=C(Cl)OC(Cl)(Cl)Cl.O=c1[nH]nc(-c2cccc(Cn3nc(-c4cc(F)cc(F)c4)ccc3=O)c2)o1. The van der Waals surface area contributed by atoms with Gasteiger partial charge in [-0.05, 0) is 143 Å². The van der Waals surface area contributed by atoms with Crippen molar-refractivity contribution >= 4 is 63.6 Å². The summed E-state index contributed by atoms with van der Waals surface area (Å²) in [6, 6.07) is 37.3. The Morgan fingerprint density at radius 2 is 0.903 bits per heavy atom. The van der Waals surface area contributed by atoms with Crippen LogP contribution in [0.5, 0.6) is 0 Å². The van der Waals surface area contributed by atoms with Crippen LogP contribution < -0.4 is 39.9 Å². The molecule has 0 aliphatic rings. The number of ketones is 1. The van der Waals surface area contributed by atoms with Crippen LogP contribution in [-0.2, 0) is 29.1 Å². The van der Waals surface area contributed by atoms with Gasteiger partial charge in [0.05, 0.1) is 55.9 Å². The number of aliphatic hydroxyl groups is 1. The fourth-order valence-electron chi connectivity index (χ4n) is 7.89. The monoisotopic (exact) mass is 1370 g/mol. The lowest BCUT2D eigenvalue weighted by Gasteiger charge is -2.09. The summed E-state index contributed by atoms with van der Waals surface area (Å²) in [6.45, 7) is 2.13. The number of nitrogens with one attached hydrogen (secondary N) is 1. The number of esters is 1. The van der Waals surface area contributed by atoms with Crippen LogP contribution in [0.15, 0.2) is 187 Å². The molecule has 32 heteroatoms. The van der Waals surface area contributed by atoms with Gasteiger partial charge in [-0.15, -0.1) is 5.10 Å². The molecule has 6 aromatic carbocycles. The van der Waals surface area contributed by atoms with Crippen molar-refractivity contribution in [2.75, 3.05) is 20.3 Å². The Hall–Kier alpha value is -9.91. The lowest BCUT2D eigenvalue weighted by Crippen LogP contribution is -2.23. The maximum absolute atomic E-state index is 13.5. The zero-order valence-corrected chi connectivity index (χ0v) is 51.3. The van der Waals surface area contributed by atoms with E-state index < -0.39 is 56.0 Å². The molecule has 0 fully saturated rings. The number of hydrogen-bond donors (Lipinski definition) is 5. The van der Waals surface area contributed by atoms with Crippen molar-refractivity contribution in [1.29, 1.82) is 0 Å². The van der Waals surface area contributed by atoms with Crippen LogP contribution in [0, 0.1) is 34.9 Å². The zero-order chi connectivity index (χ0) is 68.5. The van der Waals surface area contributed by atoms with Crippen LogP contribution >= 0.6 is 46.4 Å². The molecule has 0 aliphatic heterocycles. The summed E-state index contributed by atoms with van der Waals surface area (Å²) in [5.74, 6) is 2.36. The van der Waals surface area contributed by atoms with Gasteiger partial charge >= 0.3 is 21.1 Å². The maximum atomic E-state index is 13.5. The maximum Gasteiger partial charge on any atom is 0.434 e. The average molecular weight is 1370 g/mol. The summed E-state index contributed by atoms with van der Waals surface area (Å²) in [5, 5.41) is 26.1. The van der Waals surface area contributed by atoms with Crippen LogP contribution in [0.1, 0.15) is 44.3 Å². The largest absolute Gasteiger partial charge is 0.465 e. The summed E-state index contributed by atoms with van der Waals surface area (Å²) >= 11 is 19.4. The molecule has 4 aromatic heterocycles. The van der Waals surface area contributed by atoms with E-state index in [1.165, 1.54) is 52.9 Å². The van der Waals surface area contributed by atoms with Crippen LogP contribution in [0.2, 0.25) is 0 Å². The molecular formula is C61H51Cl4F6N11O11. The summed E-state index contributed by atoms with van der Waals surface area (Å²) in [4.78, 5) is 80.5. The lowest BCUT2D eigenvalue weighted by atomic mass is 10.1. The van der Waals surface area contributed by atoms with Gasteiger partial charge in [0.1, 0.15) is 34.9 Å². The molecule has 0 saturated heterocycles. The Balaban J connectivity index is 0.000000231. The van der Waals surface area contributed by atoms with Crippen molar-refractivity contribution in [1.82, 2.24) is 39.5 Å². The number of alkyl halides is 3. The third-order valence-corrected chi connectivity index (χ3v) is 12.0. The van der Waals surface area contributed by atoms with E-state index in [1.807, 2.05) is 0 Å². The van der Waals surface area contributed by atoms with E-state index in [0.717, 1.165) is 59.3 Å². The first-order chi connectivity index (χ1) is 44.2. The average Bonchev–Trinajstić information content (AvgIpc) is 1.31. The molecule has 10 rings (SSSR count). The molecule has 0 spiro atoms. The van der Waals surface area contributed by atoms with Crippen LogP contribution in [0.4, 0.5) is 31.1 Å². The van der Waals surface area contributed by atoms with Gasteiger partial charge in [0.2, 0.25) is 5.89 Å². The number of hydrogen-bond acceptors (Lipinski definition) is 18. The molecule has 0 radical (unpaired) electrons. The smallest absolute Gasteiger partial charge is 0.434 e. The first-order valence-corrected chi connectivity index (χ1v) is 27.9. The van der Waals surface area contributed by atoms with Gasteiger partial charge in [-0.3, -0.25) is 30.9 Å². The summed E-state index contributed by atoms with van der Waals surface area (Å²) in [7, 11) is 1.28. The Morgan fingerprint density at radius 3 is 1.23 bits per heavy atom. The third kappa shape index (κ3) is 23.7. The number of aromatic amines is 1. The Bertz CT molecular complexity index is 4250. The highest BCUT2D eigenvalue weighted by Crippen LogP contribution is 2.28. The summed E-state index contributed by atoms with van der Waals surface area (Å²) in [6.07, 6.45) is 0. The summed E-state index contributed by atoms with van der Waals surface area (Å²) < 4.78 is 95.5. The molecular weight excluding hydrogens is 1320 g/mol. The highest BCUT2D eigenvalue weighted by molar-refractivity contribution is 6.69. The number of carbonyl (C=O) groups is 3. The van der Waals surface area contributed by atoms with E-state index >= 15 is 0 Å². The third-order valence-electron chi connectivity index (χ3n) is 11.7. The highest BCUT2D eigenvalue weighted by Gasteiger charge is 2.24. The Kier molecular flexibility index (Phi) is 28.3. The number of nitrogens with zero attached hydrogens (tertiary/aromatic N) is 7. The number of aliphatic hydroxyl groups excluding tert-OH is 1. The minimum Gasteiger partial charge on any atom is -0.465 e. The first kappa shape index (κ1) is 73.8. The number of methoxy groups -OCH3 is 1. The van der Waals surface area contributed by atoms with E-state index in [2.05, 4.69) is 58.3 Å². The predicted molar refractivity (Wildman–Crippen MR) is 333 cm³/mol. The standard InChI is InChI=1S/C19H12F2N4O3.C19H15F2N3O2.C19H14F2N2O3.C2Cl4O2.C2H6O.H4N2/c20-14-7-13(8-15(21)9-14)16-4-5-17(26)25(24-16)10-11-2-1-3-12(6-11)18-22-23-19(27)28-18;20-15-7-14(8-16(21)9-15)17-4-5-19(26)24(23-17)11-12-2-1-3-13(6-12)18(25)10-22;1-26-19(25)13-4-2-3-12(7-13)11-23-18(24)6-5-17(22-23)14-8-15(20)10-16(21)9-14;3-1(7)8-2(4,5)6;1-2-3;1-2/h1-9H,10H2,(H,23,27);1-9H,10-11,22H2;2-10H,11H2,1H3;;3H,2H2,1H3;1-2H2. The molecule has 93 heavy (non-hydrogen) atoms. The number of Topliss-reactive ketones (excluding diaryl/α,β-unsaturated/α-hetero) is 1. The fraction of sp³-hybridized carbons (Fsp3) is 0.131. The topological polar surface area (TPSA) is 332 Å². The number of hydrazine groups is 1. The minimum atomic E-state index is -2.04.